The van der Waals surface area contributed by atoms with Gasteiger partial charge in [-0.1, -0.05) is 18.2 Å². The Balaban J connectivity index is 1.88. The molecule has 1 N–H and O–H groups in total. The summed E-state index contributed by atoms with van der Waals surface area (Å²) in [5.41, 5.74) is -0.361. The lowest BCUT2D eigenvalue weighted by Crippen LogP contribution is -2.64. The average molecular weight is 280 g/mol. The monoisotopic (exact) mass is 280 g/mol. The molecule has 3 rings (SSSR count). The molecule has 2 aromatic rings. The number of benzene rings is 1. The van der Waals surface area contributed by atoms with Crippen molar-refractivity contribution < 1.29 is 14.1 Å². The molecule has 0 unspecified atom stereocenters. The van der Waals surface area contributed by atoms with Crippen molar-refractivity contribution in [1.29, 1.82) is 0 Å². The van der Waals surface area contributed by atoms with E-state index in [0.29, 0.717) is 18.2 Å². The van der Waals surface area contributed by atoms with Crippen LogP contribution in [0.5, 0.6) is 0 Å². The third-order valence-electron chi connectivity index (χ3n) is 2.82. The zero-order valence-corrected chi connectivity index (χ0v) is 11.1. The second kappa shape index (κ2) is 5.50. The van der Waals surface area contributed by atoms with Crippen molar-refractivity contribution in [3.63, 3.8) is 0 Å². The number of H-pyrrole nitrogens is 1. The standard InChI is InChI=1S/C12H13N3O3S/c16-12-11(19-10-4-2-1-3-5-10)15(13-18-12)14-6-8-17-9-7-14/h1-5H,6-9H2/p+1. The third kappa shape index (κ3) is 2.66. The van der Waals surface area contributed by atoms with Crippen LogP contribution in [0.25, 0.3) is 0 Å². The number of ether oxygens (including phenoxy) is 1. The second-order valence-corrected chi connectivity index (χ2v) is 5.14. The summed E-state index contributed by atoms with van der Waals surface area (Å²) in [6.45, 7) is 2.75. The van der Waals surface area contributed by atoms with Gasteiger partial charge in [-0.3, -0.25) is 4.52 Å². The van der Waals surface area contributed by atoms with Gasteiger partial charge in [0.2, 0.25) is 0 Å². The smallest absolute Gasteiger partial charge is 0.377 e. The topological polar surface area (TPSA) is 62.4 Å². The van der Waals surface area contributed by atoms with E-state index in [1.165, 1.54) is 11.8 Å². The molecule has 0 spiro atoms. The minimum atomic E-state index is -0.361. The minimum absolute atomic E-state index is 0.361. The van der Waals surface area contributed by atoms with Crippen LogP contribution in [0.15, 0.2) is 49.6 Å². The van der Waals surface area contributed by atoms with E-state index < -0.39 is 0 Å². The predicted octanol–water partition coefficient (Wildman–Crippen LogP) is 0.375. The molecule has 1 aliphatic heterocycles. The Morgan fingerprint density at radius 1 is 1.21 bits per heavy atom. The molecule has 0 amide bonds. The molecule has 0 saturated carbocycles. The van der Waals surface area contributed by atoms with E-state index in [2.05, 4.69) is 5.27 Å². The Hall–Kier alpha value is -1.73. The van der Waals surface area contributed by atoms with E-state index >= 15 is 0 Å². The van der Waals surface area contributed by atoms with Crippen LogP contribution in [-0.2, 0) is 4.74 Å². The van der Waals surface area contributed by atoms with Gasteiger partial charge in [0.25, 0.3) is 0 Å². The highest BCUT2D eigenvalue weighted by atomic mass is 32.2. The first-order valence-electron chi connectivity index (χ1n) is 6.04. The van der Waals surface area contributed by atoms with E-state index in [0.717, 1.165) is 18.0 Å². The summed E-state index contributed by atoms with van der Waals surface area (Å²) >= 11 is 1.38. The molecule has 6 nitrogen and oxygen atoms in total. The van der Waals surface area contributed by atoms with E-state index in [-0.39, 0.29) is 5.63 Å². The highest BCUT2D eigenvalue weighted by Crippen LogP contribution is 2.21. The van der Waals surface area contributed by atoms with Gasteiger partial charge in [0.1, 0.15) is 0 Å². The maximum atomic E-state index is 11.8. The van der Waals surface area contributed by atoms with Gasteiger partial charge in [-0.15, -0.1) is 5.01 Å². The molecule has 1 saturated heterocycles. The van der Waals surface area contributed by atoms with Crippen molar-refractivity contribution in [2.24, 2.45) is 0 Å². The lowest BCUT2D eigenvalue weighted by molar-refractivity contribution is -0.791. The molecule has 2 heterocycles. The molecule has 0 aliphatic carbocycles. The van der Waals surface area contributed by atoms with Crippen LogP contribution in [0.2, 0.25) is 0 Å². The van der Waals surface area contributed by atoms with Gasteiger partial charge in [0.05, 0.1) is 31.1 Å². The SMILES string of the molecule is O=c1o[nH][n+](N2CCOCC2)c1Sc1ccccc1. The molecule has 7 heteroatoms. The average Bonchev–Trinajstić information content (AvgIpc) is 2.82. The van der Waals surface area contributed by atoms with Crippen LogP contribution in [0.4, 0.5) is 0 Å². The fraction of sp³-hybridized carbons (Fsp3) is 0.333. The highest BCUT2D eigenvalue weighted by molar-refractivity contribution is 7.99. The van der Waals surface area contributed by atoms with Crippen LogP contribution in [0, 0.1) is 0 Å². The van der Waals surface area contributed by atoms with Crippen molar-refractivity contribution in [2.75, 3.05) is 31.3 Å². The fourth-order valence-corrected chi connectivity index (χ4v) is 2.76. The number of aromatic amines is 1. The van der Waals surface area contributed by atoms with E-state index in [9.17, 15) is 4.79 Å². The normalized spacial score (nSPS) is 15.7. The number of hydrogen-bond donors (Lipinski definition) is 1. The van der Waals surface area contributed by atoms with Gasteiger partial charge in [0.15, 0.2) is 0 Å². The largest absolute Gasteiger partial charge is 0.445 e. The number of morpholine rings is 1. The van der Waals surface area contributed by atoms with Crippen molar-refractivity contribution >= 4 is 11.8 Å². The highest BCUT2D eigenvalue weighted by Gasteiger charge is 2.29. The number of hydrogen-bond acceptors (Lipinski definition) is 5. The zero-order chi connectivity index (χ0) is 13.1. The van der Waals surface area contributed by atoms with Crippen molar-refractivity contribution in [3.05, 3.63) is 40.8 Å². The first kappa shape index (κ1) is 12.3. The van der Waals surface area contributed by atoms with Gasteiger partial charge in [-0.2, -0.15) is 0 Å². The van der Waals surface area contributed by atoms with Gasteiger partial charge in [-0.25, -0.2) is 4.79 Å². The molecule has 0 atom stereocenters. The fourth-order valence-electron chi connectivity index (χ4n) is 1.88. The molecule has 0 radical (unpaired) electrons. The first-order chi connectivity index (χ1) is 9.34. The Morgan fingerprint density at radius 3 is 2.68 bits per heavy atom. The van der Waals surface area contributed by atoms with Crippen LogP contribution in [0.3, 0.4) is 0 Å². The lowest BCUT2D eigenvalue weighted by Gasteiger charge is -2.20. The van der Waals surface area contributed by atoms with Crippen LogP contribution >= 0.6 is 11.8 Å². The number of nitrogens with zero attached hydrogens (tertiary/aromatic N) is 2. The number of rotatable bonds is 3. The van der Waals surface area contributed by atoms with E-state index in [1.807, 2.05) is 35.3 Å². The van der Waals surface area contributed by atoms with Crippen molar-refractivity contribution in [1.82, 2.24) is 5.27 Å². The molecular formula is C12H14N3O3S+. The van der Waals surface area contributed by atoms with Crippen LogP contribution in [0.1, 0.15) is 0 Å². The summed E-state index contributed by atoms with van der Waals surface area (Å²) in [5, 5.41) is 5.16. The molecule has 100 valence electrons. The Morgan fingerprint density at radius 2 is 1.95 bits per heavy atom. The minimum Gasteiger partial charge on any atom is -0.377 e. The third-order valence-corrected chi connectivity index (χ3v) is 3.86. The summed E-state index contributed by atoms with van der Waals surface area (Å²) in [5.74, 6) is 0. The number of aromatic nitrogens is 2. The Kier molecular flexibility index (Phi) is 3.56. The van der Waals surface area contributed by atoms with Crippen molar-refractivity contribution in [3.8, 4) is 0 Å². The lowest BCUT2D eigenvalue weighted by atomic mass is 10.4. The molecular weight excluding hydrogens is 266 g/mol. The molecule has 0 bridgehead atoms. The number of nitrogens with one attached hydrogen (secondary N) is 1. The Bertz CT molecular complexity index is 590. The summed E-state index contributed by atoms with van der Waals surface area (Å²) in [6, 6.07) is 9.74. The van der Waals surface area contributed by atoms with Crippen molar-refractivity contribution in [2.45, 2.75) is 9.92 Å². The summed E-state index contributed by atoms with van der Waals surface area (Å²) < 4.78 is 10.2. The van der Waals surface area contributed by atoms with Gasteiger partial charge in [0, 0.05) is 10.2 Å². The quantitative estimate of drug-likeness (QED) is 0.823. The second-order valence-electron chi connectivity index (χ2n) is 4.08. The summed E-state index contributed by atoms with van der Waals surface area (Å²) in [7, 11) is 0. The molecule has 19 heavy (non-hydrogen) atoms. The molecule has 1 aliphatic rings. The van der Waals surface area contributed by atoms with E-state index in [1.54, 1.807) is 4.79 Å². The molecule has 1 aromatic carbocycles. The van der Waals surface area contributed by atoms with Gasteiger partial charge >= 0.3 is 10.7 Å². The molecule has 1 aromatic heterocycles. The first-order valence-corrected chi connectivity index (χ1v) is 6.85. The maximum Gasteiger partial charge on any atom is 0.445 e. The zero-order valence-electron chi connectivity index (χ0n) is 10.2. The molecule has 1 fully saturated rings. The summed E-state index contributed by atoms with van der Waals surface area (Å²) in [6.07, 6.45) is 0. The maximum absolute atomic E-state index is 11.8. The predicted molar refractivity (Wildman–Crippen MR) is 68.9 cm³/mol. The Labute approximate surface area is 113 Å². The van der Waals surface area contributed by atoms with Gasteiger partial charge < -0.3 is 4.74 Å². The van der Waals surface area contributed by atoms with Gasteiger partial charge in [-0.05, 0) is 23.9 Å². The summed E-state index contributed by atoms with van der Waals surface area (Å²) in [4.78, 5) is 14.5. The van der Waals surface area contributed by atoms with Crippen LogP contribution < -0.4 is 15.4 Å². The van der Waals surface area contributed by atoms with Crippen LogP contribution in [-0.4, -0.2) is 31.6 Å². The van der Waals surface area contributed by atoms with E-state index in [4.69, 9.17) is 9.26 Å².